The zero-order valence-electron chi connectivity index (χ0n) is 25.9. The third-order valence-electron chi connectivity index (χ3n) is 6.59. The lowest BCUT2D eigenvalue weighted by Crippen LogP contribution is -2.63. The summed E-state index contributed by atoms with van der Waals surface area (Å²) in [5.74, 6) is -3.85. The van der Waals surface area contributed by atoms with Gasteiger partial charge >= 0.3 is 29.8 Å². The second-order valence-corrected chi connectivity index (χ2v) is 10.5. The van der Waals surface area contributed by atoms with Gasteiger partial charge in [0.25, 0.3) is 0 Å². The van der Waals surface area contributed by atoms with Crippen LogP contribution in [0.2, 0.25) is 0 Å². The van der Waals surface area contributed by atoms with Gasteiger partial charge in [-0.1, -0.05) is 41.5 Å². The van der Waals surface area contributed by atoms with Crippen molar-refractivity contribution in [3.05, 3.63) is 58.7 Å². The van der Waals surface area contributed by atoms with Crippen molar-refractivity contribution < 1.29 is 52.4 Å². The minimum atomic E-state index is -1.59. The number of hydrogen-bond acceptors (Lipinski definition) is 11. The fourth-order valence-electron chi connectivity index (χ4n) is 4.61. The van der Waals surface area contributed by atoms with E-state index in [1.165, 1.54) is 30.1 Å². The fourth-order valence-corrected chi connectivity index (χ4v) is 4.61. The molecule has 2 rings (SSSR count). The van der Waals surface area contributed by atoms with E-state index in [2.05, 4.69) is 19.1 Å². The third-order valence-corrected chi connectivity index (χ3v) is 6.59. The van der Waals surface area contributed by atoms with Crippen LogP contribution in [-0.2, 0) is 52.4 Å². The van der Waals surface area contributed by atoms with E-state index in [-0.39, 0.29) is 0 Å². The molecule has 1 unspecified atom stereocenters. The number of allylic oxidation sites excluding steroid dienone is 9. The van der Waals surface area contributed by atoms with Crippen molar-refractivity contribution in [3.63, 3.8) is 0 Å². The van der Waals surface area contributed by atoms with Crippen LogP contribution in [0.4, 0.5) is 0 Å². The fraction of sp³-hybridized carbons (Fsp3) is 0.531. The predicted molar refractivity (Wildman–Crippen MR) is 155 cm³/mol. The van der Waals surface area contributed by atoms with Gasteiger partial charge in [-0.05, 0) is 57.6 Å². The summed E-state index contributed by atoms with van der Waals surface area (Å²) in [7, 11) is 0. The number of esters is 5. The lowest BCUT2D eigenvalue weighted by atomic mass is 9.92. The Bertz CT molecular complexity index is 1200. The molecular formula is C32H42O11. The van der Waals surface area contributed by atoms with E-state index >= 15 is 0 Å². The van der Waals surface area contributed by atoms with Crippen LogP contribution < -0.4 is 0 Å². The smallest absolute Gasteiger partial charge is 0.333 e. The van der Waals surface area contributed by atoms with Gasteiger partial charge in [-0.15, -0.1) is 0 Å². The molecule has 0 aromatic carbocycles. The van der Waals surface area contributed by atoms with Crippen LogP contribution in [0.1, 0.15) is 74.1 Å². The molecule has 43 heavy (non-hydrogen) atoms. The van der Waals surface area contributed by atoms with E-state index in [4.69, 9.17) is 28.4 Å². The number of carbonyl (C=O) groups is 5. The van der Waals surface area contributed by atoms with E-state index in [1.54, 1.807) is 19.1 Å². The van der Waals surface area contributed by atoms with Gasteiger partial charge in [-0.3, -0.25) is 19.2 Å². The molecule has 236 valence electrons. The molecule has 2 aliphatic rings. The van der Waals surface area contributed by atoms with Crippen LogP contribution in [0, 0.1) is 0 Å². The van der Waals surface area contributed by atoms with Crippen molar-refractivity contribution in [2.75, 3.05) is 6.61 Å². The summed E-state index contributed by atoms with van der Waals surface area (Å²) in [6.45, 7) is 9.90. The lowest BCUT2D eigenvalue weighted by molar-refractivity contribution is -0.299. The quantitative estimate of drug-likeness (QED) is 0.143. The van der Waals surface area contributed by atoms with Crippen LogP contribution in [0.3, 0.4) is 0 Å². The van der Waals surface area contributed by atoms with Crippen LogP contribution in [0.5, 0.6) is 0 Å². The van der Waals surface area contributed by atoms with Gasteiger partial charge in [-0.2, -0.15) is 0 Å². The molecule has 1 saturated heterocycles. The van der Waals surface area contributed by atoms with Crippen molar-refractivity contribution in [2.24, 2.45) is 0 Å². The zero-order valence-corrected chi connectivity index (χ0v) is 25.9. The Hall–Kier alpha value is -3.99. The Balaban J connectivity index is 2.23. The van der Waals surface area contributed by atoms with Gasteiger partial charge < -0.3 is 28.4 Å². The Morgan fingerprint density at radius 3 is 1.95 bits per heavy atom. The zero-order chi connectivity index (χ0) is 32.1. The summed E-state index contributed by atoms with van der Waals surface area (Å²) < 4.78 is 32.2. The van der Waals surface area contributed by atoms with Crippen LogP contribution in [0.15, 0.2) is 58.7 Å². The SMILES string of the molecule is CC(=O)OC[C@H]1OC(OC(=O)/C=C(C)/C=C/C=C(C)/C=C/C2=C(C)CCCC2)[C@H](OC(C)=O)[C@@H](OC(C)=O)[C@H]1OC(C)=O. The van der Waals surface area contributed by atoms with Gasteiger partial charge in [0.2, 0.25) is 12.4 Å². The first-order valence-corrected chi connectivity index (χ1v) is 14.2. The maximum absolute atomic E-state index is 12.9. The predicted octanol–water partition coefficient (Wildman–Crippen LogP) is 4.51. The topological polar surface area (TPSA) is 141 Å². The minimum Gasteiger partial charge on any atom is -0.463 e. The summed E-state index contributed by atoms with van der Waals surface area (Å²) >= 11 is 0. The van der Waals surface area contributed by atoms with E-state index < -0.39 is 67.2 Å². The van der Waals surface area contributed by atoms with Crippen molar-refractivity contribution >= 4 is 29.8 Å². The molecule has 1 aliphatic carbocycles. The minimum absolute atomic E-state index is 0.430. The molecule has 0 bridgehead atoms. The van der Waals surface area contributed by atoms with E-state index in [0.717, 1.165) is 46.1 Å². The molecule has 0 aromatic heterocycles. The molecule has 0 N–H and O–H groups in total. The van der Waals surface area contributed by atoms with Gasteiger partial charge in [0.1, 0.15) is 12.7 Å². The molecule has 0 amide bonds. The molecule has 1 heterocycles. The summed E-state index contributed by atoms with van der Waals surface area (Å²) in [5.41, 5.74) is 4.40. The summed E-state index contributed by atoms with van der Waals surface area (Å²) in [6.07, 6.45) is 8.45. The molecule has 1 aliphatic heterocycles. The van der Waals surface area contributed by atoms with Crippen molar-refractivity contribution in [2.45, 2.75) is 105 Å². The summed E-state index contributed by atoms with van der Waals surface area (Å²) in [5, 5.41) is 0. The number of ether oxygens (including phenoxy) is 6. The Morgan fingerprint density at radius 2 is 1.35 bits per heavy atom. The first kappa shape index (κ1) is 35.2. The largest absolute Gasteiger partial charge is 0.463 e. The highest BCUT2D eigenvalue weighted by Gasteiger charge is 2.53. The summed E-state index contributed by atoms with van der Waals surface area (Å²) in [6, 6.07) is 0. The average molecular weight is 603 g/mol. The molecule has 1 fully saturated rings. The highest BCUT2D eigenvalue weighted by molar-refractivity contribution is 5.83. The summed E-state index contributed by atoms with van der Waals surface area (Å²) in [4.78, 5) is 60.0. The molecule has 5 atom stereocenters. The third kappa shape index (κ3) is 12.4. The highest BCUT2D eigenvalue weighted by atomic mass is 16.7. The Morgan fingerprint density at radius 1 is 0.744 bits per heavy atom. The van der Waals surface area contributed by atoms with Crippen LogP contribution >= 0.6 is 0 Å². The molecule has 0 saturated carbocycles. The van der Waals surface area contributed by atoms with Gasteiger partial charge in [0.15, 0.2) is 12.2 Å². The Labute approximate surface area is 252 Å². The van der Waals surface area contributed by atoms with Crippen molar-refractivity contribution in [1.82, 2.24) is 0 Å². The molecule has 0 radical (unpaired) electrons. The number of rotatable bonds is 11. The van der Waals surface area contributed by atoms with E-state index in [9.17, 15) is 24.0 Å². The van der Waals surface area contributed by atoms with Crippen molar-refractivity contribution in [1.29, 1.82) is 0 Å². The van der Waals surface area contributed by atoms with Crippen LogP contribution in [-0.4, -0.2) is 67.2 Å². The number of hydrogen-bond donors (Lipinski definition) is 0. The molecule has 0 spiro atoms. The molecular weight excluding hydrogens is 560 g/mol. The first-order chi connectivity index (χ1) is 20.3. The van der Waals surface area contributed by atoms with E-state index in [1.807, 2.05) is 13.0 Å². The van der Waals surface area contributed by atoms with Gasteiger partial charge in [0, 0.05) is 33.8 Å². The second-order valence-electron chi connectivity index (χ2n) is 10.5. The highest BCUT2D eigenvalue weighted by Crippen LogP contribution is 2.30. The maximum Gasteiger partial charge on any atom is 0.333 e. The second kappa shape index (κ2) is 17.2. The van der Waals surface area contributed by atoms with Gasteiger partial charge in [-0.25, -0.2) is 4.79 Å². The number of carbonyl (C=O) groups excluding carboxylic acids is 5. The average Bonchev–Trinajstić information content (AvgIpc) is 2.89. The normalized spacial score (nSPS) is 25.0. The molecule has 0 aromatic rings. The van der Waals surface area contributed by atoms with E-state index in [0.29, 0.717) is 5.57 Å². The molecule has 11 nitrogen and oxygen atoms in total. The van der Waals surface area contributed by atoms with Gasteiger partial charge in [0.05, 0.1) is 0 Å². The maximum atomic E-state index is 12.9. The van der Waals surface area contributed by atoms with Crippen LogP contribution in [0.25, 0.3) is 0 Å². The van der Waals surface area contributed by atoms with Crippen molar-refractivity contribution in [3.8, 4) is 0 Å². The first-order valence-electron chi connectivity index (χ1n) is 14.2. The lowest BCUT2D eigenvalue weighted by Gasteiger charge is -2.43. The standard InChI is InChI=1S/C32H42O11/c1-19(15-16-26-14-9-8-13-21(26)3)11-10-12-20(2)17-28(37)43-32-31(41-25(7)36)30(40-24(6)35)29(39-23(5)34)27(42-32)18-38-22(4)33/h10-12,15-17,27,29-32H,8-9,13-14,18H2,1-7H3/b12-10+,16-15+,19-11+,20-17+/t27-,29+,30+,31-,32?/m1/s1. The Kier molecular flexibility index (Phi) is 14.1. The molecule has 11 heteroatoms. The monoisotopic (exact) mass is 602 g/mol.